The van der Waals surface area contributed by atoms with Gasteiger partial charge in [-0.15, -0.1) is 0 Å². The third-order valence-corrected chi connectivity index (χ3v) is 3.54. The van der Waals surface area contributed by atoms with Gasteiger partial charge in [-0.2, -0.15) is 5.10 Å². The summed E-state index contributed by atoms with van der Waals surface area (Å²) in [5.74, 6) is 0. The van der Waals surface area contributed by atoms with E-state index >= 15 is 0 Å². The van der Waals surface area contributed by atoms with Crippen LogP contribution in [0, 0.1) is 6.92 Å². The Kier molecular flexibility index (Phi) is 5.36. The molecule has 0 fully saturated rings. The molecule has 0 amide bonds. The quantitative estimate of drug-likeness (QED) is 0.832. The molecule has 0 aliphatic heterocycles. The largest absolute Gasteiger partial charge is 0.306 e. The Balaban J connectivity index is 2.29. The van der Waals surface area contributed by atoms with Crippen LogP contribution in [0.2, 0.25) is 0 Å². The molecule has 1 atom stereocenters. The van der Waals surface area contributed by atoms with Crippen LogP contribution in [0.25, 0.3) is 0 Å². The first kappa shape index (κ1) is 14.8. The predicted octanol–water partition coefficient (Wildman–Crippen LogP) is 3.69. The molecule has 3 heteroatoms. The Hall–Kier alpha value is -1.61. The number of nitrogens with zero attached hydrogens (tertiary/aromatic N) is 2. The standard InChI is InChI=1S/C17H25N3/c1-4-10-18-17(16-9-7-6-8-14(16)3)15-12-19-20(13-15)11-5-2/h6-9,12-13,17-18H,4-5,10-11H2,1-3H3. The van der Waals surface area contributed by atoms with Crippen molar-refractivity contribution < 1.29 is 0 Å². The molecule has 1 aromatic carbocycles. The monoisotopic (exact) mass is 271 g/mol. The van der Waals surface area contributed by atoms with E-state index in [1.807, 2.05) is 10.9 Å². The van der Waals surface area contributed by atoms with E-state index < -0.39 is 0 Å². The average molecular weight is 271 g/mol. The summed E-state index contributed by atoms with van der Waals surface area (Å²) in [7, 11) is 0. The number of hydrogen-bond acceptors (Lipinski definition) is 2. The van der Waals surface area contributed by atoms with Crippen molar-refractivity contribution in [2.24, 2.45) is 0 Å². The molecular weight excluding hydrogens is 246 g/mol. The first-order valence-electron chi connectivity index (χ1n) is 7.57. The summed E-state index contributed by atoms with van der Waals surface area (Å²) < 4.78 is 2.04. The fraction of sp³-hybridized carbons (Fsp3) is 0.471. The highest BCUT2D eigenvalue weighted by atomic mass is 15.3. The van der Waals surface area contributed by atoms with Crippen molar-refractivity contribution in [3.63, 3.8) is 0 Å². The molecule has 0 aliphatic carbocycles. The lowest BCUT2D eigenvalue weighted by atomic mass is 9.97. The zero-order valence-electron chi connectivity index (χ0n) is 12.8. The van der Waals surface area contributed by atoms with Gasteiger partial charge >= 0.3 is 0 Å². The van der Waals surface area contributed by atoms with Gasteiger partial charge < -0.3 is 5.32 Å². The summed E-state index contributed by atoms with van der Waals surface area (Å²) in [6.45, 7) is 8.54. The van der Waals surface area contributed by atoms with E-state index in [1.54, 1.807) is 0 Å². The number of nitrogens with one attached hydrogen (secondary N) is 1. The average Bonchev–Trinajstić information content (AvgIpc) is 2.90. The molecule has 0 bridgehead atoms. The number of aromatic nitrogens is 2. The lowest BCUT2D eigenvalue weighted by molar-refractivity contribution is 0.587. The zero-order valence-corrected chi connectivity index (χ0v) is 12.8. The molecule has 0 saturated carbocycles. The second-order valence-corrected chi connectivity index (χ2v) is 5.28. The summed E-state index contributed by atoms with van der Waals surface area (Å²) >= 11 is 0. The molecule has 1 aromatic heterocycles. The van der Waals surface area contributed by atoms with Gasteiger partial charge in [0.25, 0.3) is 0 Å². The molecule has 1 N–H and O–H groups in total. The topological polar surface area (TPSA) is 29.9 Å². The van der Waals surface area contributed by atoms with E-state index in [0.717, 1.165) is 25.9 Å². The molecule has 3 nitrogen and oxygen atoms in total. The summed E-state index contributed by atoms with van der Waals surface area (Å²) in [5.41, 5.74) is 3.92. The Labute approximate surface area is 122 Å². The maximum atomic E-state index is 4.47. The van der Waals surface area contributed by atoms with Gasteiger partial charge in [-0.1, -0.05) is 38.1 Å². The molecule has 0 saturated heterocycles. The molecule has 1 heterocycles. The van der Waals surface area contributed by atoms with Crippen molar-refractivity contribution in [2.45, 2.75) is 46.2 Å². The SMILES string of the molecule is CCCNC(c1cnn(CCC)c1)c1ccccc1C. The Morgan fingerprint density at radius 3 is 2.70 bits per heavy atom. The molecule has 0 aliphatic rings. The maximum absolute atomic E-state index is 4.47. The van der Waals surface area contributed by atoms with Crippen LogP contribution in [-0.4, -0.2) is 16.3 Å². The minimum absolute atomic E-state index is 0.238. The predicted molar refractivity (Wildman–Crippen MR) is 83.8 cm³/mol. The van der Waals surface area contributed by atoms with Crippen LogP contribution in [0.15, 0.2) is 36.7 Å². The molecule has 2 rings (SSSR count). The van der Waals surface area contributed by atoms with Crippen LogP contribution in [0.3, 0.4) is 0 Å². The van der Waals surface area contributed by atoms with Crippen molar-refractivity contribution in [1.29, 1.82) is 0 Å². The van der Waals surface area contributed by atoms with E-state index in [1.165, 1.54) is 16.7 Å². The third kappa shape index (κ3) is 3.48. The lowest BCUT2D eigenvalue weighted by Crippen LogP contribution is -2.23. The summed E-state index contributed by atoms with van der Waals surface area (Å²) in [6.07, 6.45) is 6.41. The van der Waals surface area contributed by atoms with Crippen molar-refractivity contribution in [3.8, 4) is 0 Å². The molecule has 0 radical (unpaired) electrons. The van der Waals surface area contributed by atoms with Gasteiger partial charge in [0.15, 0.2) is 0 Å². The van der Waals surface area contributed by atoms with E-state index in [0.29, 0.717) is 0 Å². The van der Waals surface area contributed by atoms with Crippen molar-refractivity contribution in [2.75, 3.05) is 6.54 Å². The van der Waals surface area contributed by atoms with E-state index in [-0.39, 0.29) is 6.04 Å². The molecular formula is C17H25N3. The first-order valence-corrected chi connectivity index (χ1v) is 7.57. The van der Waals surface area contributed by atoms with Crippen molar-refractivity contribution >= 4 is 0 Å². The number of hydrogen-bond donors (Lipinski definition) is 1. The van der Waals surface area contributed by atoms with Crippen LogP contribution in [0.4, 0.5) is 0 Å². The third-order valence-electron chi connectivity index (χ3n) is 3.54. The Bertz CT molecular complexity index is 531. The zero-order chi connectivity index (χ0) is 14.4. The summed E-state index contributed by atoms with van der Waals surface area (Å²) in [4.78, 5) is 0. The highest BCUT2D eigenvalue weighted by Gasteiger charge is 2.16. The minimum Gasteiger partial charge on any atom is -0.306 e. The van der Waals surface area contributed by atoms with Crippen LogP contribution in [0.5, 0.6) is 0 Å². The molecule has 20 heavy (non-hydrogen) atoms. The minimum atomic E-state index is 0.238. The van der Waals surface area contributed by atoms with Gasteiger partial charge in [0.2, 0.25) is 0 Å². The van der Waals surface area contributed by atoms with Crippen LogP contribution < -0.4 is 5.32 Å². The van der Waals surface area contributed by atoms with Gasteiger partial charge in [-0.3, -0.25) is 4.68 Å². The van der Waals surface area contributed by atoms with Crippen LogP contribution >= 0.6 is 0 Å². The second kappa shape index (κ2) is 7.25. The smallest absolute Gasteiger partial charge is 0.0610 e. The molecule has 1 unspecified atom stereocenters. The number of benzene rings is 1. The van der Waals surface area contributed by atoms with E-state index in [4.69, 9.17) is 0 Å². The Morgan fingerprint density at radius 2 is 2.00 bits per heavy atom. The summed E-state index contributed by atoms with van der Waals surface area (Å²) in [5, 5.41) is 8.11. The van der Waals surface area contributed by atoms with Crippen LogP contribution in [-0.2, 0) is 6.54 Å². The van der Waals surface area contributed by atoms with Gasteiger partial charge in [0.05, 0.1) is 12.2 Å². The highest BCUT2D eigenvalue weighted by molar-refractivity contribution is 5.35. The molecule has 108 valence electrons. The van der Waals surface area contributed by atoms with Crippen LogP contribution in [0.1, 0.15) is 49.4 Å². The second-order valence-electron chi connectivity index (χ2n) is 5.28. The first-order chi connectivity index (χ1) is 9.76. The van der Waals surface area contributed by atoms with Gasteiger partial charge in [-0.05, 0) is 37.4 Å². The fourth-order valence-electron chi connectivity index (χ4n) is 2.49. The maximum Gasteiger partial charge on any atom is 0.0610 e. The van der Waals surface area contributed by atoms with Gasteiger partial charge in [-0.25, -0.2) is 0 Å². The van der Waals surface area contributed by atoms with Crippen molar-refractivity contribution in [3.05, 3.63) is 53.3 Å². The summed E-state index contributed by atoms with van der Waals surface area (Å²) in [6, 6.07) is 8.82. The fourth-order valence-corrected chi connectivity index (χ4v) is 2.49. The number of aryl methyl sites for hydroxylation is 2. The normalized spacial score (nSPS) is 12.6. The van der Waals surface area contributed by atoms with Crippen molar-refractivity contribution in [1.82, 2.24) is 15.1 Å². The molecule has 2 aromatic rings. The van der Waals surface area contributed by atoms with Gasteiger partial charge in [0.1, 0.15) is 0 Å². The van der Waals surface area contributed by atoms with Gasteiger partial charge in [0, 0.05) is 18.3 Å². The lowest BCUT2D eigenvalue weighted by Gasteiger charge is -2.19. The highest BCUT2D eigenvalue weighted by Crippen LogP contribution is 2.24. The Morgan fingerprint density at radius 1 is 1.20 bits per heavy atom. The molecule has 0 spiro atoms. The number of rotatable bonds is 7. The van der Waals surface area contributed by atoms with E-state index in [9.17, 15) is 0 Å². The van der Waals surface area contributed by atoms with E-state index in [2.05, 4.69) is 61.6 Å².